The molecule has 0 aromatic heterocycles. The van der Waals surface area contributed by atoms with Gasteiger partial charge in [0.25, 0.3) is 0 Å². The lowest BCUT2D eigenvalue weighted by molar-refractivity contribution is 0.559. The summed E-state index contributed by atoms with van der Waals surface area (Å²) in [5.74, 6) is -0.608. The van der Waals surface area contributed by atoms with Gasteiger partial charge in [0, 0.05) is 14.5 Å². The van der Waals surface area contributed by atoms with Crippen molar-refractivity contribution >= 4 is 54.1 Å². The monoisotopic (exact) mass is 472 g/mol. The molecule has 1 N–H and O–H groups in total. The minimum atomic E-state index is -2.04. The molecule has 2 aromatic rings. The normalized spacial score (nSPS) is 15.8. The van der Waals surface area contributed by atoms with E-state index in [1.165, 1.54) is 11.6 Å². The molecule has 0 bridgehead atoms. The summed E-state index contributed by atoms with van der Waals surface area (Å²) in [5, 5.41) is 0. The van der Waals surface area contributed by atoms with Gasteiger partial charge >= 0.3 is 0 Å². The Morgan fingerprint density at radius 2 is 1.62 bits per heavy atom. The molecule has 1 atom stereocenters. The second kappa shape index (κ2) is 7.60. The van der Waals surface area contributed by atoms with Crippen LogP contribution in [0.2, 0.25) is 0 Å². The second-order valence-corrected chi connectivity index (χ2v) is 8.35. The van der Waals surface area contributed by atoms with E-state index >= 15 is 0 Å². The molecule has 1 aliphatic rings. The lowest BCUT2D eigenvalue weighted by Gasteiger charge is -2.11. The fourth-order valence-corrected chi connectivity index (χ4v) is 4.18. The third-order valence-corrected chi connectivity index (χ3v) is 6.60. The third-order valence-electron chi connectivity index (χ3n) is 4.17. The second-order valence-electron chi connectivity index (χ2n) is 5.71. The minimum Gasteiger partial charge on any atom is -0.306 e. The Balaban J connectivity index is 2.01. The van der Waals surface area contributed by atoms with Gasteiger partial charge in [0.2, 0.25) is 0 Å². The lowest BCUT2D eigenvalue weighted by atomic mass is 9.96. The fraction of sp³-hybridized carbons (Fsp3) is 0.222. The number of rotatable bonds is 4. The van der Waals surface area contributed by atoms with Crippen molar-refractivity contribution in [2.75, 3.05) is 0 Å². The fourth-order valence-electron chi connectivity index (χ4n) is 3.05. The van der Waals surface area contributed by atoms with Crippen molar-refractivity contribution in [3.8, 4) is 0 Å². The zero-order valence-electron chi connectivity index (χ0n) is 12.7. The summed E-state index contributed by atoms with van der Waals surface area (Å²) in [7, 11) is 0. The Bertz CT molecular complexity index is 849. The van der Waals surface area contributed by atoms with Crippen LogP contribution in [-0.4, -0.2) is 8.76 Å². The van der Waals surface area contributed by atoms with Crippen LogP contribution in [0.4, 0.5) is 4.39 Å². The zero-order valence-corrected chi connectivity index (χ0v) is 16.7. The van der Waals surface area contributed by atoms with E-state index in [1.807, 2.05) is 12.1 Å². The van der Waals surface area contributed by atoms with Crippen molar-refractivity contribution in [3.63, 3.8) is 0 Å². The van der Waals surface area contributed by atoms with Gasteiger partial charge in [-0.05, 0) is 91.6 Å². The average Bonchev–Trinajstić information content (AvgIpc) is 3.01. The molecule has 126 valence electrons. The summed E-state index contributed by atoms with van der Waals surface area (Å²) in [4.78, 5) is 0. The molecule has 0 heterocycles. The van der Waals surface area contributed by atoms with Crippen LogP contribution in [0, 0.1) is 5.82 Å². The maximum absolute atomic E-state index is 14.2. The summed E-state index contributed by atoms with van der Waals surface area (Å²) in [6.07, 6.45) is 2.92. The zero-order chi connectivity index (χ0) is 17.3. The van der Waals surface area contributed by atoms with Gasteiger partial charge in [-0.2, -0.15) is 0 Å². The summed E-state index contributed by atoms with van der Waals surface area (Å²) >= 11 is 4.97. The van der Waals surface area contributed by atoms with Crippen molar-refractivity contribution in [2.24, 2.45) is 0 Å². The average molecular weight is 474 g/mol. The first-order valence-electron chi connectivity index (χ1n) is 7.49. The molecule has 0 spiro atoms. The van der Waals surface area contributed by atoms with Crippen LogP contribution < -0.4 is 0 Å². The van der Waals surface area contributed by atoms with Gasteiger partial charge < -0.3 is 4.55 Å². The first kappa shape index (κ1) is 18.0. The van der Waals surface area contributed by atoms with E-state index < -0.39 is 16.9 Å². The molecule has 1 unspecified atom stereocenters. The SMILES string of the molecule is O=S(O)Cc1ccc(C2=C(c3ccc(Br)c(Br)c3)CCC2)cc1F. The number of benzene rings is 2. The topological polar surface area (TPSA) is 37.3 Å². The van der Waals surface area contributed by atoms with Crippen LogP contribution in [0.25, 0.3) is 11.1 Å². The van der Waals surface area contributed by atoms with E-state index in [4.69, 9.17) is 4.55 Å². The maximum Gasteiger partial charge on any atom is 0.157 e. The van der Waals surface area contributed by atoms with Crippen LogP contribution in [0.3, 0.4) is 0 Å². The highest BCUT2D eigenvalue weighted by Gasteiger charge is 2.19. The summed E-state index contributed by atoms with van der Waals surface area (Å²) in [6.45, 7) is 0. The van der Waals surface area contributed by atoms with E-state index in [0.29, 0.717) is 0 Å². The van der Waals surface area contributed by atoms with E-state index in [0.717, 1.165) is 44.9 Å². The van der Waals surface area contributed by atoms with Gasteiger partial charge in [-0.1, -0.05) is 18.2 Å². The largest absolute Gasteiger partial charge is 0.306 e. The summed E-state index contributed by atoms with van der Waals surface area (Å²) in [6, 6.07) is 11.1. The third kappa shape index (κ3) is 3.87. The van der Waals surface area contributed by atoms with Crippen LogP contribution in [0.1, 0.15) is 36.0 Å². The van der Waals surface area contributed by atoms with E-state index in [-0.39, 0.29) is 11.3 Å². The van der Waals surface area contributed by atoms with Crippen molar-refractivity contribution < 1.29 is 13.2 Å². The van der Waals surface area contributed by atoms with Crippen molar-refractivity contribution in [3.05, 3.63) is 67.9 Å². The smallest absolute Gasteiger partial charge is 0.157 e. The molecule has 0 fully saturated rings. The van der Waals surface area contributed by atoms with E-state index in [9.17, 15) is 8.60 Å². The highest BCUT2D eigenvalue weighted by atomic mass is 79.9. The molecule has 2 nitrogen and oxygen atoms in total. The highest BCUT2D eigenvalue weighted by Crippen LogP contribution is 2.41. The predicted octanol–water partition coefficient (Wildman–Crippen LogP) is 6.17. The molecule has 1 aliphatic carbocycles. The molecular formula is C18H15Br2FO2S. The molecule has 0 amide bonds. The standard InChI is InChI=1S/C18H15Br2FO2S/c19-16-7-6-11(8-17(16)20)14-2-1-3-15(14)12-4-5-13(10-24(22)23)18(21)9-12/h4-9H,1-3,10H2,(H,22,23). The molecule has 0 radical (unpaired) electrons. The Labute approximate surface area is 159 Å². The first-order valence-corrected chi connectivity index (χ1v) is 10.4. The predicted molar refractivity (Wildman–Crippen MR) is 103 cm³/mol. The molecule has 6 heteroatoms. The molecule has 0 aliphatic heterocycles. The van der Waals surface area contributed by atoms with Gasteiger partial charge in [-0.25, -0.2) is 8.60 Å². The minimum absolute atomic E-state index is 0.183. The first-order chi connectivity index (χ1) is 11.5. The maximum atomic E-state index is 14.2. The Morgan fingerprint density at radius 3 is 2.21 bits per heavy atom. The van der Waals surface area contributed by atoms with Crippen LogP contribution in [0.5, 0.6) is 0 Å². The molecule has 3 rings (SSSR count). The Morgan fingerprint density at radius 1 is 1.00 bits per heavy atom. The van der Waals surface area contributed by atoms with Crippen LogP contribution in [0.15, 0.2) is 45.3 Å². The van der Waals surface area contributed by atoms with Gasteiger partial charge in [-0.3, -0.25) is 0 Å². The number of allylic oxidation sites excluding steroid dienone is 2. The van der Waals surface area contributed by atoms with Gasteiger partial charge in [-0.15, -0.1) is 0 Å². The van der Waals surface area contributed by atoms with E-state index in [1.54, 1.807) is 6.07 Å². The highest BCUT2D eigenvalue weighted by molar-refractivity contribution is 9.13. The quantitative estimate of drug-likeness (QED) is 0.539. The van der Waals surface area contributed by atoms with Crippen LogP contribution >= 0.6 is 31.9 Å². The van der Waals surface area contributed by atoms with E-state index in [2.05, 4.69) is 44.0 Å². The molecule has 0 saturated carbocycles. The van der Waals surface area contributed by atoms with Gasteiger partial charge in [0.15, 0.2) is 11.1 Å². The molecule has 2 aromatic carbocycles. The Kier molecular flexibility index (Phi) is 5.70. The number of hydrogen-bond acceptors (Lipinski definition) is 1. The molecule has 0 saturated heterocycles. The molecule has 24 heavy (non-hydrogen) atoms. The lowest BCUT2D eigenvalue weighted by Crippen LogP contribution is -1.98. The van der Waals surface area contributed by atoms with Crippen molar-refractivity contribution in [1.82, 2.24) is 0 Å². The number of hydrogen-bond donors (Lipinski definition) is 1. The van der Waals surface area contributed by atoms with Crippen LogP contribution in [-0.2, 0) is 16.8 Å². The van der Waals surface area contributed by atoms with Gasteiger partial charge in [0.05, 0.1) is 5.75 Å². The number of halogens is 3. The molecular weight excluding hydrogens is 459 g/mol. The summed E-state index contributed by atoms with van der Waals surface area (Å²) < 4.78 is 36.0. The van der Waals surface area contributed by atoms with Crippen molar-refractivity contribution in [1.29, 1.82) is 0 Å². The Hall–Kier alpha value is -0.820. The van der Waals surface area contributed by atoms with Gasteiger partial charge in [0.1, 0.15) is 5.82 Å². The summed E-state index contributed by atoms with van der Waals surface area (Å²) in [5.41, 5.74) is 4.65. The van der Waals surface area contributed by atoms with Crippen molar-refractivity contribution in [2.45, 2.75) is 25.0 Å².